The van der Waals surface area contributed by atoms with Crippen LogP contribution in [-0.2, 0) is 19.2 Å². The molecule has 1 atom stereocenters. The van der Waals surface area contributed by atoms with E-state index < -0.39 is 24.0 Å². The van der Waals surface area contributed by atoms with E-state index in [0.29, 0.717) is 17.5 Å². The first-order valence-corrected chi connectivity index (χ1v) is 9.09. The van der Waals surface area contributed by atoms with Gasteiger partial charge in [0.1, 0.15) is 5.82 Å². The van der Waals surface area contributed by atoms with Gasteiger partial charge >= 0.3 is 6.18 Å². The van der Waals surface area contributed by atoms with Gasteiger partial charge in [-0.25, -0.2) is 9.98 Å². The maximum absolute atomic E-state index is 13.5. The summed E-state index contributed by atoms with van der Waals surface area (Å²) in [5.74, 6) is -0.133. The molecule has 0 aliphatic heterocycles. The van der Waals surface area contributed by atoms with Crippen LogP contribution in [-0.4, -0.2) is 39.9 Å². The van der Waals surface area contributed by atoms with Gasteiger partial charge in [-0.15, -0.1) is 24.0 Å². The molecule has 0 aliphatic rings. The molecule has 1 aromatic carbocycles. The normalized spacial score (nSPS) is 14.1. The Morgan fingerprint density at radius 1 is 1.28 bits per heavy atom. The Hall–Kier alpha value is -1.53. The minimum Gasteiger partial charge on any atom is -0.374 e. The highest BCUT2D eigenvalue weighted by atomic mass is 127. The average Bonchev–Trinajstić information content (AvgIpc) is 3.06. The van der Waals surface area contributed by atoms with E-state index in [1.807, 2.05) is 19.1 Å². The zero-order chi connectivity index (χ0) is 20.8. The summed E-state index contributed by atoms with van der Waals surface area (Å²) in [6.07, 6.45) is -2.93. The molecule has 0 radical (unpaired) electrons. The number of aliphatic imine (C=N–C) groups is 1. The van der Waals surface area contributed by atoms with Gasteiger partial charge in [0.2, 0.25) is 5.60 Å². The summed E-state index contributed by atoms with van der Waals surface area (Å²) < 4.78 is 41.8. The van der Waals surface area contributed by atoms with Gasteiger partial charge in [0.25, 0.3) is 0 Å². The molecule has 2 rings (SSSR count). The molecule has 0 fully saturated rings. The van der Waals surface area contributed by atoms with Crippen LogP contribution in [0, 0.1) is 0 Å². The summed E-state index contributed by atoms with van der Waals surface area (Å²) in [4.78, 5) is 8.01. The lowest BCUT2D eigenvalue weighted by Crippen LogP contribution is -2.47. The van der Waals surface area contributed by atoms with Gasteiger partial charge in [0.15, 0.2) is 5.96 Å². The minimum atomic E-state index is -4.87. The quantitative estimate of drug-likeness (QED) is 0.283. The van der Waals surface area contributed by atoms with Gasteiger partial charge in [-0.2, -0.15) is 13.2 Å². The summed E-state index contributed by atoms with van der Waals surface area (Å²) in [6, 6.07) is 7.18. The fourth-order valence-electron chi connectivity index (χ4n) is 2.64. The van der Waals surface area contributed by atoms with Crippen molar-refractivity contribution in [2.45, 2.75) is 31.7 Å². The molecular formula is C18H24ClF3IN5O. The Balaban J connectivity index is 0.00000420. The molecule has 0 saturated heterocycles. The fourth-order valence-corrected chi connectivity index (χ4v) is 2.83. The van der Waals surface area contributed by atoms with Gasteiger partial charge in [-0.1, -0.05) is 29.8 Å². The first kappa shape index (κ1) is 25.5. The van der Waals surface area contributed by atoms with Crippen LogP contribution in [0.15, 0.2) is 41.7 Å². The fraction of sp³-hybridized carbons (Fsp3) is 0.444. The van der Waals surface area contributed by atoms with Crippen LogP contribution in [0.1, 0.15) is 24.7 Å². The van der Waals surface area contributed by atoms with E-state index in [9.17, 15) is 18.3 Å². The number of aliphatic hydroxyl groups is 1. The number of benzene rings is 1. The van der Waals surface area contributed by atoms with Crippen LogP contribution in [0.4, 0.5) is 13.2 Å². The largest absolute Gasteiger partial charge is 0.424 e. The van der Waals surface area contributed by atoms with Gasteiger partial charge in [0.05, 0.1) is 6.54 Å². The number of aryl methyl sites for hydroxylation is 1. The molecule has 0 saturated carbocycles. The van der Waals surface area contributed by atoms with Crippen LogP contribution in [0.3, 0.4) is 0 Å². The van der Waals surface area contributed by atoms with Crippen LogP contribution >= 0.6 is 35.6 Å². The summed E-state index contributed by atoms with van der Waals surface area (Å²) >= 11 is 6.09. The van der Waals surface area contributed by atoms with Gasteiger partial charge in [-0.05, 0) is 18.6 Å². The molecule has 1 unspecified atom stereocenters. The number of imidazole rings is 1. The number of halogens is 5. The van der Waals surface area contributed by atoms with E-state index in [4.69, 9.17) is 11.6 Å². The summed E-state index contributed by atoms with van der Waals surface area (Å²) in [7, 11) is 1.40. The SMILES string of the molecule is CCNC(=NCc1ccccc1Cl)NCCC(O)(c1nccn1C)C(F)(F)F.I. The molecule has 1 heterocycles. The van der Waals surface area contributed by atoms with Crippen molar-refractivity contribution in [1.29, 1.82) is 0 Å². The van der Waals surface area contributed by atoms with Gasteiger partial charge in [-0.3, -0.25) is 0 Å². The number of guanidine groups is 1. The highest BCUT2D eigenvalue weighted by Crippen LogP contribution is 2.40. The van der Waals surface area contributed by atoms with Crippen LogP contribution < -0.4 is 10.6 Å². The molecule has 0 bridgehead atoms. The van der Waals surface area contributed by atoms with E-state index in [2.05, 4.69) is 20.6 Å². The first-order valence-electron chi connectivity index (χ1n) is 8.71. The second kappa shape index (κ2) is 11.0. The Kier molecular flexibility index (Phi) is 9.69. The van der Waals surface area contributed by atoms with Gasteiger partial charge < -0.3 is 20.3 Å². The number of hydrogen-bond acceptors (Lipinski definition) is 3. The predicted molar refractivity (Wildman–Crippen MR) is 117 cm³/mol. The van der Waals surface area contributed by atoms with Crippen molar-refractivity contribution in [2.24, 2.45) is 12.0 Å². The molecule has 0 spiro atoms. The zero-order valence-electron chi connectivity index (χ0n) is 16.0. The highest BCUT2D eigenvalue weighted by molar-refractivity contribution is 14.0. The predicted octanol–water partition coefficient (Wildman–Crippen LogP) is 3.59. The zero-order valence-corrected chi connectivity index (χ0v) is 19.1. The minimum absolute atomic E-state index is 0. The third kappa shape index (κ3) is 6.48. The van der Waals surface area contributed by atoms with Crippen molar-refractivity contribution in [1.82, 2.24) is 20.2 Å². The molecule has 0 amide bonds. The van der Waals surface area contributed by atoms with Crippen molar-refractivity contribution < 1.29 is 18.3 Å². The molecule has 3 N–H and O–H groups in total. The maximum atomic E-state index is 13.5. The molecule has 11 heteroatoms. The van der Waals surface area contributed by atoms with Crippen molar-refractivity contribution in [3.8, 4) is 0 Å². The molecule has 6 nitrogen and oxygen atoms in total. The number of nitrogens with zero attached hydrogens (tertiary/aromatic N) is 3. The molecule has 0 aliphatic carbocycles. The Labute approximate surface area is 189 Å². The molecule has 1 aromatic heterocycles. The van der Waals surface area contributed by atoms with Crippen LogP contribution in [0.25, 0.3) is 0 Å². The summed E-state index contributed by atoms with van der Waals surface area (Å²) in [6.45, 7) is 2.46. The second-order valence-corrected chi connectivity index (χ2v) is 6.59. The van der Waals surface area contributed by atoms with Crippen molar-refractivity contribution in [2.75, 3.05) is 13.1 Å². The maximum Gasteiger partial charge on any atom is 0.424 e. The first-order chi connectivity index (χ1) is 13.2. The number of nitrogens with one attached hydrogen (secondary N) is 2. The smallest absolute Gasteiger partial charge is 0.374 e. The van der Waals surface area contributed by atoms with Crippen LogP contribution in [0.5, 0.6) is 0 Å². The molecular weight excluding hydrogens is 522 g/mol. The van der Waals surface area contributed by atoms with E-state index >= 15 is 0 Å². The van der Waals surface area contributed by atoms with Crippen molar-refractivity contribution in [3.63, 3.8) is 0 Å². The second-order valence-electron chi connectivity index (χ2n) is 6.18. The van der Waals surface area contributed by atoms with Crippen molar-refractivity contribution >= 4 is 41.5 Å². The molecule has 2 aromatic rings. The van der Waals surface area contributed by atoms with E-state index in [1.54, 1.807) is 12.1 Å². The Bertz CT molecular complexity index is 815. The topological polar surface area (TPSA) is 74.5 Å². The van der Waals surface area contributed by atoms with Gasteiger partial charge in [0, 0.05) is 44.0 Å². The molecule has 29 heavy (non-hydrogen) atoms. The lowest BCUT2D eigenvalue weighted by atomic mass is 9.97. The number of alkyl halides is 3. The number of hydrogen-bond donors (Lipinski definition) is 3. The summed E-state index contributed by atoms with van der Waals surface area (Å²) in [5, 5.41) is 16.7. The highest BCUT2D eigenvalue weighted by Gasteiger charge is 2.57. The van der Waals surface area contributed by atoms with E-state index in [1.165, 1.54) is 19.4 Å². The lowest BCUT2D eigenvalue weighted by molar-refractivity contribution is -0.272. The summed E-state index contributed by atoms with van der Waals surface area (Å²) in [5.41, 5.74) is -2.28. The van der Waals surface area contributed by atoms with E-state index in [0.717, 1.165) is 10.1 Å². The standard InChI is InChI=1S/C18H23ClF3N5O.HI/c1-3-23-16(26-12-13-6-4-5-7-14(13)19)25-9-8-17(28,18(20,21)22)15-24-10-11-27(15)2;/h4-7,10-11,28H,3,8-9,12H2,1-2H3,(H2,23,25,26);1H. The Morgan fingerprint density at radius 2 is 1.97 bits per heavy atom. The average molecular weight is 546 g/mol. The Morgan fingerprint density at radius 3 is 2.52 bits per heavy atom. The van der Waals surface area contributed by atoms with E-state index in [-0.39, 0.29) is 37.1 Å². The third-order valence-electron chi connectivity index (χ3n) is 4.15. The number of rotatable bonds is 7. The monoisotopic (exact) mass is 545 g/mol. The number of aromatic nitrogens is 2. The molecule has 162 valence electrons. The van der Waals surface area contributed by atoms with Crippen LogP contribution in [0.2, 0.25) is 5.02 Å². The lowest BCUT2D eigenvalue weighted by Gasteiger charge is -2.30. The van der Waals surface area contributed by atoms with Crippen molar-refractivity contribution in [3.05, 3.63) is 53.1 Å². The third-order valence-corrected chi connectivity index (χ3v) is 4.52.